The Hall–Kier alpha value is -0.640. The fraction of sp³-hybridized carbons (Fsp3) is 0.600. The standard InChI is InChI=1S/C10H12F3IN2O2/c1-7-15-5-8(14)9(17)16(7)3-2-4-18-6-10(11,12)13/h5H,2-4,6H2,1H3. The number of hydrogen-bond acceptors (Lipinski definition) is 3. The smallest absolute Gasteiger partial charge is 0.372 e. The van der Waals surface area contributed by atoms with Crippen molar-refractivity contribution in [2.45, 2.75) is 26.1 Å². The highest BCUT2D eigenvalue weighted by atomic mass is 127. The molecule has 8 heteroatoms. The van der Waals surface area contributed by atoms with E-state index in [2.05, 4.69) is 9.72 Å². The topological polar surface area (TPSA) is 44.1 Å². The van der Waals surface area contributed by atoms with E-state index in [9.17, 15) is 18.0 Å². The second kappa shape index (κ2) is 6.50. The van der Waals surface area contributed by atoms with Gasteiger partial charge >= 0.3 is 6.18 Å². The van der Waals surface area contributed by atoms with Crippen molar-refractivity contribution >= 4 is 22.6 Å². The number of aryl methyl sites for hydroxylation is 1. The molecule has 102 valence electrons. The SMILES string of the molecule is Cc1ncc(I)c(=O)n1CCCOCC(F)(F)F. The molecule has 0 N–H and O–H groups in total. The van der Waals surface area contributed by atoms with Crippen molar-refractivity contribution in [3.05, 3.63) is 25.9 Å². The Bertz CT molecular complexity index is 459. The predicted molar refractivity (Wildman–Crippen MR) is 67.4 cm³/mol. The summed E-state index contributed by atoms with van der Waals surface area (Å²) in [6, 6.07) is 0. The van der Waals surface area contributed by atoms with Crippen LogP contribution >= 0.6 is 22.6 Å². The first-order valence-electron chi connectivity index (χ1n) is 5.17. The fourth-order valence-electron chi connectivity index (χ4n) is 1.33. The van der Waals surface area contributed by atoms with Gasteiger partial charge in [-0.3, -0.25) is 9.36 Å². The van der Waals surface area contributed by atoms with Crippen LogP contribution in [0.4, 0.5) is 13.2 Å². The fourth-order valence-corrected chi connectivity index (χ4v) is 1.76. The number of alkyl halides is 3. The van der Waals surface area contributed by atoms with Crippen molar-refractivity contribution in [1.29, 1.82) is 0 Å². The maximum Gasteiger partial charge on any atom is 0.411 e. The number of rotatable bonds is 5. The van der Waals surface area contributed by atoms with E-state index in [0.717, 1.165) is 0 Å². The predicted octanol–water partition coefficient (Wildman–Crippen LogP) is 2.13. The van der Waals surface area contributed by atoms with E-state index in [1.165, 1.54) is 10.8 Å². The molecule has 0 bridgehead atoms. The molecule has 0 atom stereocenters. The summed E-state index contributed by atoms with van der Waals surface area (Å²) in [4.78, 5) is 15.7. The van der Waals surface area contributed by atoms with Crippen molar-refractivity contribution in [1.82, 2.24) is 9.55 Å². The summed E-state index contributed by atoms with van der Waals surface area (Å²) in [7, 11) is 0. The minimum atomic E-state index is -4.31. The van der Waals surface area contributed by atoms with Crippen LogP contribution in [0.5, 0.6) is 0 Å². The number of ether oxygens (including phenoxy) is 1. The second-order valence-corrected chi connectivity index (χ2v) is 4.79. The first-order chi connectivity index (χ1) is 8.31. The van der Waals surface area contributed by atoms with Crippen LogP contribution in [0.25, 0.3) is 0 Å². The molecule has 1 aromatic heterocycles. The van der Waals surface area contributed by atoms with Crippen molar-refractivity contribution in [2.75, 3.05) is 13.2 Å². The molecule has 0 saturated carbocycles. The minimum absolute atomic E-state index is 0.0448. The van der Waals surface area contributed by atoms with Gasteiger partial charge in [0.2, 0.25) is 0 Å². The van der Waals surface area contributed by atoms with E-state index in [1.807, 2.05) is 22.6 Å². The molecule has 0 fully saturated rings. The first kappa shape index (κ1) is 15.4. The summed E-state index contributed by atoms with van der Waals surface area (Å²) in [5.41, 5.74) is -0.182. The summed E-state index contributed by atoms with van der Waals surface area (Å²) in [6.07, 6.45) is -2.51. The van der Waals surface area contributed by atoms with E-state index >= 15 is 0 Å². The Morgan fingerprint density at radius 3 is 2.78 bits per heavy atom. The van der Waals surface area contributed by atoms with Crippen LogP contribution in [-0.2, 0) is 11.3 Å². The molecule has 0 aromatic carbocycles. The summed E-state index contributed by atoms with van der Waals surface area (Å²) < 4.78 is 41.8. The van der Waals surface area contributed by atoms with Gasteiger partial charge in [-0.15, -0.1) is 0 Å². The van der Waals surface area contributed by atoms with Crippen LogP contribution < -0.4 is 5.56 Å². The highest BCUT2D eigenvalue weighted by Gasteiger charge is 2.27. The Morgan fingerprint density at radius 2 is 2.17 bits per heavy atom. The van der Waals surface area contributed by atoms with E-state index in [0.29, 0.717) is 22.4 Å². The van der Waals surface area contributed by atoms with Gasteiger partial charge in [-0.2, -0.15) is 13.2 Å². The molecule has 18 heavy (non-hydrogen) atoms. The molecular weight excluding hydrogens is 364 g/mol. The second-order valence-electron chi connectivity index (χ2n) is 3.63. The van der Waals surface area contributed by atoms with Crippen LogP contribution in [0.3, 0.4) is 0 Å². The van der Waals surface area contributed by atoms with E-state index < -0.39 is 12.8 Å². The van der Waals surface area contributed by atoms with Crippen molar-refractivity contribution in [3.8, 4) is 0 Å². The minimum Gasteiger partial charge on any atom is -0.372 e. The molecular formula is C10H12F3IN2O2. The molecule has 0 amide bonds. The average molecular weight is 376 g/mol. The zero-order chi connectivity index (χ0) is 13.8. The van der Waals surface area contributed by atoms with Gasteiger partial charge in [-0.25, -0.2) is 4.98 Å². The Balaban J connectivity index is 2.45. The van der Waals surface area contributed by atoms with E-state index in [1.54, 1.807) is 6.92 Å². The lowest BCUT2D eigenvalue weighted by Crippen LogP contribution is -2.26. The highest BCUT2D eigenvalue weighted by Crippen LogP contribution is 2.14. The summed E-state index contributed by atoms with van der Waals surface area (Å²) in [6.45, 7) is 0.669. The normalized spacial score (nSPS) is 11.8. The van der Waals surface area contributed by atoms with Crippen molar-refractivity contribution < 1.29 is 17.9 Å². The van der Waals surface area contributed by atoms with Gasteiger partial charge in [0.25, 0.3) is 5.56 Å². The largest absolute Gasteiger partial charge is 0.411 e. The molecule has 0 aliphatic heterocycles. The van der Waals surface area contributed by atoms with E-state index in [4.69, 9.17) is 0 Å². The Kier molecular flexibility index (Phi) is 5.57. The van der Waals surface area contributed by atoms with Crippen LogP contribution in [0, 0.1) is 10.5 Å². The van der Waals surface area contributed by atoms with Gasteiger partial charge in [0.05, 0.1) is 3.57 Å². The Morgan fingerprint density at radius 1 is 1.50 bits per heavy atom. The van der Waals surface area contributed by atoms with Crippen LogP contribution in [0.1, 0.15) is 12.2 Å². The molecule has 1 heterocycles. The molecule has 0 radical (unpaired) electrons. The van der Waals surface area contributed by atoms with Crippen molar-refractivity contribution in [3.63, 3.8) is 0 Å². The zero-order valence-corrected chi connectivity index (χ0v) is 11.8. The molecule has 0 aliphatic rings. The van der Waals surface area contributed by atoms with Gasteiger partial charge in [0.1, 0.15) is 12.4 Å². The average Bonchev–Trinajstić information content (AvgIpc) is 2.26. The first-order valence-corrected chi connectivity index (χ1v) is 6.25. The van der Waals surface area contributed by atoms with Crippen LogP contribution in [0.2, 0.25) is 0 Å². The number of nitrogens with zero attached hydrogens (tertiary/aromatic N) is 2. The molecule has 0 unspecified atom stereocenters. The zero-order valence-electron chi connectivity index (χ0n) is 9.63. The molecule has 1 rings (SSSR count). The number of hydrogen-bond donors (Lipinski definition) is 0. The Labute approximate surface area is 115 Å². The van der Waals surface area contributed by atoms with Gasteiger partial charge in [-0.1, -0.05) is 0 Å². The number of halogens is 4. The third-order valence-corrected chi connectivity index (χ3v) is 2.88. The number of aromatic nitrogens is 2. The molecule has 0 saturated heterocycles. The quantitative estimate of drug-likeness (QED) is 0.584. The molecule has 0 aliphatic carbocycles. The van der Waals surface area contributed by atoms with Gasteiger partial charge in [-0.05, 0) is 35.9 Å². The lowest BCUT2D eigenvalue weighted by molar-refractivity contribution is -0.174. The lowest BCUT2D eigenvalue weighted by atomic mass is 10.4. The van der Waals surface area contributed by atoms with Gasteiger partial charge < -0.3 is 4.74 Å². The molecule has 1 aromatic rings. The monoisotopic (exact) mass is 376 g/mol. The van der Waals surface area contributed by atoms with Gasteiger partial charge in [0, 0.05) is 19.3 Å². The van der Waals surface area contributed by atoms with Crippen molar-refractivity contribution in [2.24, 2.45) is 0 Å². The maximum absolute atomic E-state index is 11.8. The highest BCUT2D eigenvalue weighted by molar-refractivity contribution is 14.1. The third-order valence-electron chi connectivity index (χ3n) is 2.14. The third kappa shape index (κ3) is 4.92. The molecule has 4 nitrogen and oxygen atoms in total. The van der Waals surface area contributed by atoms with Crippen LogP contribution in [-0.4, -0.2) is 28.9 Å². The maximum atomic E-state index is 11.8. The molecule has 0 spiro atoms. The lowest BCUT2D eigenvalue weighted by Gasteiger charge is -2.10. The van der Waals surface area contributed by atoms with E-state index in [-0.39, 0.29) is 12.2 Å². The van der Waals surface area contributed by atoms with Crippen LogP contribution in [0.15, 0.2) is 11.0 Å². The summed E-state index contributed by atoms with van der Waals surface area (Å²) >= 11 is 1.87. The summed E-state index contributed by atoms with van der Waals surface area (Å²) in [5, 5.41) is 0. The van der Waals surface area contributed by atoms with Gasteiger partial charge in [0.15, 0.2) is 0 Å². The summed E-state index contributed by atoms with van der Waals surface area (Å²) in [5.74, 6) is 0.538.